The molecule has 1 saturated carbocycles. The lowest BCUT2D eigenvalue weighted by Crippen LogP contribution is -2.30. The van der Waals surface area contributed by atoms with Crippen LogP contribution in [0.1, 0.15) is 43.2 Å². The van der Waals surface area contributed by atoms with E-state index < -0.39 is 12.7 Å². The molecule has 1 fully saturated rings. The number of hydrogen-bond donors (Lipinski definition) is 1. The summed E-state index contributed by atoms with van der Waals surface area (Å²) in [5.41, 5.74) is 0.993. The van der Waals surface area contributed by atoms with E-state index in [1.807, 2.05) is 0 Å². The zero-order chi connectivity index (χ0) is 14.9. The van der Waals surface area contributed by atoms with Crippen molar-refractivity contribution in [2.75, 3.05) is 18.5 Å². The second kappa shape index (κ2) is 5.89. The van der Waals surface area contributed by atoms with Gasteiger partial charge in [-0.15, -0.1) is 11.3 Å². The molecule has 1 aliphatic rings. The highest BCUT2D eigenvalue weighted by Crippen LogP contribution is 2.44. The number of hydrogen-bond acceptors (Lipinski definition) is 4. The average molecular weight is 307 g/mol. The number of rotatable bonds is 6. The predicted molar refractivity (Wildman–Crippen MR) is 75.4 cm³/mol. The number of aromatic nitrogens is 1. The van der Waals surface area contributed by atoms with Gasteiger partial charge in [0.25, 0.3) is 0 Å². The van der Waals surface area contributed by atoms with Crippen molar-refractivity contribution >= 4 is 16.5 Å². The summed E-state index contributed by atoms with van der Waals surface area (Å²) in [6.45, 7) is 3.83. The first kappa shape index (κ1) is 15.6. The molecule has 0 atom stereocenters. The molecule has 0 spiro atoms. The summed E-state index contributed by atoms with van der Waals surface area (Å²) in [4.78, 5) is 6.70. The molecule has 1 aromatic heterocycles. The second-order valence-electron chi connectivity index (χ2n) is 5.59. The third kappa shape index (κ3) is 4.34. The van der Waals surface area contributed by atoms with Gasteiger partial charge in [0.15, 0.2) is 5.13 Å². The van der Waals surface area contributed by atoms with E-state index in [9.17, 15) is 13.2 Å². The van der Waals surface area contributed by atoms with Crippen molar-refractivity contribution < 1.29 is 13.2 Å². The van der Waals surface area contributed by atoms with Crippen LogP contribution in [0.5, 0.6) is 0 Å². The Morgan fingerprint density at radius 3 is 2.55 bits per heavy atom. The van der Waals surface area contributed by atoms with Crippen LogP contribution in [-0.4, -0.2) is 30.8 Å². The normalized spacial score (nSPS) is 15.9. The van der Waals surface area contributed by atoms with E-state index in [1.54, 1.807) is 0 Å². The van der Waals surface area contributed by atoms with E-state index in [0.29, 0.717) is 23.6 Å². The molecular weight excluding hydrogens is 287 g/mol. The molecule has 114 valence electrons. The molecule has 7 heteroatoms. The average Bonchev–Trinajstić information content (AvgIpc) is 3.04. The molecule has 0 saturated heterocycles. The van der Waals surface area contributed by atoms with Crippen LogP contribution in [0.2, 0.25) is 0 Å². The first-order valence-corrected chi connectivity index (χ1v) is 7.59. The van der Waals surface area contributed by atoms with Crippen LogP contribution in [0.4, 0.5) is 18.3 Å². The first-order valence-electron chi connectivity index (χ1n) is 6.77. The lowest BCUT2D eigenvalue weighted by Gasteiger charge is -2.17. The van der Waals surface area contributed by atoms with Gasteiger partial charge in [-0.3, -0.25) is 0 Å². The number of alkyl halides is 3. The van der Waals surface area contributed by atoms with Gasteiger partial charge in [-0.25, -0.2) is 4.98 Å². The van der Waals surface area contributed by atoms with Crippen molar-refractivity contribution in [3.8, 4) is 0 Å². The predicted octanol–water partition coefficient (Wildman–Crippen LogP) is 3.52. The number of halogens is 3. The van der Waals surface area contributed by atoms with Crippen LogP contribution >= 0.6 is 11.3 Å². The summed E-state index contributed by atoms with van der Waals surface area (Å²) >= 11 is 1.37. The van der Waals surface area contributed by atoms with E-state index in [4.69, 9.17) is 0 Å². The minimum Gasteiger partial charge on any atom is -0.342 e. The summed E-state index contributed by atoms with van der Waals surface area (Å²) in [5, 5.41) is 3.78. The topological polar surface area (TPSA) is 28.2 Å². The number of thiazole rings is 1. The third-order valence-corrected chi connectivity index (χ3v) is 4.28. The fraction of sp³-hybridized carbons (Fsp3) is 0.769. The maximum absolute atomic E-state index is 12.4. The van der Waals surface area contributed by atoms with Gasteiger partial charge in [0.1, 0.15) is 6.54 Å². The van der Waals surface area contributed by atoms with E-state index in [-0.39, 0.29) is 0 Å². The van der Waals surface area contributed by atoms with Gasteiger partial charge in [0, 0.05) is 30.4 Å². The molecule has 2 rings (SSSR count). The molecule has 0 aliphatic heterocycles. The largest absolute Gasteiger partial charge is 0.405 e. The van der Waals surface area contributed by atoms with Crippen molar-refractivity contribution in [1.82, 2.24) is 10.3 Å². The van der Waals surface area contributed by atoms with Crippen molar-refractivity contribution in [3.05, 3.63) is 10.6 Å². The Balaban J connectivity index is 2.11. The molecule has 0 unspecified atom stereocenters. The molecule has 1 aromatic rings. The Bertz CT molecular complexity index is 452. The Hall–Kier alpha value is -0.820. The summed E-state index contributed by atoms with van der Waals surface area (Å²) in [6.07, 6.45) is -2.00. The summed E-state index contributed by atoms with van der Waals surface area (Å²) in [5.74, 6) is 0.447. The minimum absolute atomic E-state index is 0.348. The number of nitrogens with zero attached hydrogens (tertiary/aromatic N) is 2. The van der Waals surface area contributed by atoms with Crippen molar-refractivity contribution in [2.24, 2.45) is 0 Å². The van der Waals surface area contributed by atoms with E-state index >= 15 is 0 Å². The van der Waals surface area contributed by atoms with Gasteiger partial charge in [-0.1, -0.05) is 13.8 Å². The van der Waals surface area contributed by atoms with E-state index in [1.165, 1.54) is 23.3 Å². The quantitative estimate of drug-likeness (QED) is 0.871. The van der Waals surface area contributed by atoms with Crippen LogP contribution in [0, 0.1) is 0 Å². The van der Waals surface area contributed by atoms with Gasteiger partial charge in [-0.2, -0.15) is 13.2 Å². The van der Waals surface area contributed by atoms with E-state index in [0.717, 1.165) is 23.4 Å². The van der Waals surface area contributed by atoms with Crippen LogP contribution in [0.25, 0.3) is 0 Å². The monoisotopic (exact) mass is 307 g/mol. The number of nitrogens with one attached hydrogen (secondary N) is 1. The SMILES string of the molecule is CC(C)NCc1sc(N(C)CC(F)(F)F)nc1C1CC1. The molecule has 20 heavy (non-hydrogen) atoms. The lowest BCUT2D eigenvalue weighted by molar-refractivity contribution is -0.119. The zero-order valence-corrected chi connectivity index (χ0v) is 12.7. The lowest BCUT2D eigenvalue weighted by atomic mass is 10.2. The van der Waals surface area contributed by atoms with Crippen molar-refractivity contribution in [2.45, 2.75) is 51.4 Å². The standard InChI is InChI=1S/C13H20F3N3S/c1-8(2)17-6-10-11(9-4-5-9)18-12(20-10)19(3)7-13(14,15)16/h8-9,17H,4-7H2,1-3H3. The minimum atomic E-state index is -4.20. The molecule has 0 bridgehead atoms. The Morgan fingerprint density at radius 1 is 1.40 bits per heavy atom. The van der Waals surface area contributed by atoms with Crippen molar-refractivity contribution in [3.63, 3.8) is 0 Å². The molecule has 0 radical (unpaired) electrons. The molecule has 0 aromatic carbocycles. The maximum Gasteiger partial charge on any atom is 0.405 e. The third-order valence-electron chi connectivity index (χ3n) is 3.09. The summed E-state index contributed by atoms with van der Waals surface area (Å²) < 4.78 is 37.3. The molecule has 1 N–H and O–H groups in total. The Morgan fingerprint density at radius 2 is 2.05 bits per heavy atom. The maximum atomic E-state index is 12.4. The molecule has 3 nitrogen and oxygen atoms in total. The van der Waals surface area contributed by atoms with Crippen molar-refractivity contribution in [1.29, 1.82) is 0 Å². The highest BCUT2D eigenvalue weighted by molar-refractivity contribution is 7.15. The van der Waals surface area contributed by atoms with Gasteiger partial charge in [0.05, 0.1) is 5.69 Å². The van der Waals surface area contributed by atoms with Gasteiger partial charge in [0.2, 0.25) is 0 Å². The fourth-order valence-corrected chi connectivity index (χ4v) is 3.01. The van der Waals surface area contributed by atoms with Gasteiger partial charge >= 0.3 is 6.18 Å². The summed E-state index contributed by atoms with van der Waals surface area (Å²) in [6, 6.07) is 0.348. The molecule has 0 amide bonds. The smallest absolute Gasteiger partial charge is 0.342 e. The van der Waals surface area contributed by atoms with Gasteiger partial charge < -0.3 is 10.2 Å². The van der Waals surface area contributed by atoms with Crippen LogP contribution in [0.3, 0.4) is 0 Å². The van der Waals surface area contributed by atoms with Crippen LogP contribution in [0.15, 0.2) is 0 Å². The Labute approximate surface area is 121 Å². The molecule has 1 heterocycles. The fourth-order valence-electron chi connectivity index (χ4n) is 1.95. The second-order valence-corrected chi connectivity index (χ2v) is 6.65. The van der Waals surface area contributed by atoms with Gasteiger partial charge in [-0.05, 0) is 12.8 Å². The first-order chi connectivity index (χ1) is 9.26. The van der Waals surface area contributed by atoms with Crippen LogP contribution in [-0.2, 0) is 6.54 Å². The Kier molecular flexibility index (Phi) is 4.59. The summed E-state index contributed by atoms with van der Waals surface area (Å²) in [7, 11) is 1.45. The molecule has 1 aliphatic carbocycles. The van der Waals surface area contributed by atoms with Crippen LogP contribution < -0.4 is 10.2 Å². The zero-order valence-electron chi connectivity index (χ0n) is 11.9. The molecular formula is C13H20F3N3S. The van der Waals surface area contributed by atoms with E-state index in [2.05, 4.69) is 24.1 Å². The number of anilines is 1. The highest BCUT2D eigenvalue weighted by atomic mass is 32.1. The highest BCUT2D eigenvalue weighted by Gasteiger charge is 2.33.